The molecule has 2 saturated carbocycles. The summed E-state index contributed by atoms with van der Waals surface area (Å²) >= 11 is 0. The summed E-state index contributed by atoms with van der Waals surface area (Å²) in [5.74, 6) is 2.28. The average molecular weight is 124 g/mol. The van der Waals surface area contributed by atoms with Crippen molar-refractivity contribution in [1.29, 1.82) is 0 Å². The molecule has 52 valence electrons. The molecule has 0 aromatic rings. The third-order valence-electron chi connectivity index (χ3n) is 3.86. The highest BCUT2D eigenvalue weighted by atomic mass is 14.7. The molecule has 0 N–H and O–H groups in total. The molecule has 9 heavy (non-hydrogen) atoms. The van der Waals surface area contributed by atoms with E-state index >= 15 is 0 Å². The Balaban J connectivity index is 2.07. The van der Waals surface area contributed by atoms with Crippen molar-refractivity contribution >= 4 is 0 Å². The van der Waals surface area contributed by atoms with Gasteiger partial charge in [0.05, 0.1) is 0 Å². The van der Waals surface area contributed by atoms with E-state index in [-0.39, 0.29) is 0 Å². The summed E-state index contributed by atoms with van der Waals surface area (Å²) in [4.78, 5) is 0. The minimum absolute atomic E-state index is 0.804. The molecule has 0 aliphatic heterocycles. The van der Waals surface area contributed by atoms with E-state index in [4.69, 9.17) is 0 Å². The van der Waals surface area contributed by atoms with Crippen molar-refractivity contribution in [3.63, 3.8) is 0 Å². The van der Waals surface area contributed by atoms with Crippen molar-refractivity contribution in [1.82, 2.24) is 0 Å². The molecular formula is C9H16. The highest BCUT2D eigenvalue weighted by Gasteiger charge is 2.60. The van der Waals surface area contributed by atoms with Gasteiger partial charge in [0.2, 0.25) is 0 Å². The molecule has 0 aromatic carbocycles. The molecular weight excluding hydrogens is 108 g/mol. The van der Waals surface area contributed by atoms with Crippen molar-refractivity contribution in [3.8, 4) is 0 Å². The van der Waals surface area contributed by atoms with Crippen LogP contribution in [0.4, 0.5) is 0 Å². The molecule has 2 atom stereocenters. The van der Waals surface area contributed by atoms with Gasteiger partial charge in [-0.1, -0.05) is 26.7 Å². The molecule has 0 amide bonds. The Morgan fingerprint density at radius 2 is 1.89 bits per heavy atom. The van der Waals surface area contributed by atoms with Gasteiger partial charge in [0, 0.05) is 0 Å². The second-order valence-electron chi connectivity index (χ2n) is 4.00. The smallest absolute Gasteiger partial charge is 0.0266 e. The molecule has 0 spiro atoms. The van der Waals surface area contributed by atoms with Crippen LogP contribution in [-0.4, -0.2) is 0 Å². The first-order valence-corrected chi connectivity index (χ1v) is 4.29. The Labute approximate surface area is 57.6 Å². The molecule has 2 unspecified atom stereocenters. The molecule has 0 aromatic heterocycles. The zero-order chi connectivity index (χ0) is 6.48. The van der Waals surface area contributed by atoms with Gasteiger partial charge in [0.15, 0.2) is 0 Å². The van der Waals surface area contributed by atoms with Crippen LogP contribution in [-0.2, 0) is 0 Å². The Morgan fingerprint density at radius 3 is 2.22 bits per heavy atom. The molecule has 2 rings (SSSR count). The largest absolute Gasteiger partial charge is 0.0648 e. The van der Waals surface area contributed by atoms with Crippen LogP contribution in [0.2, 0.25) is 0 Å². The predicted molar refractivity (Wildman–Crippen MR) is 39.2 cm³/mol. The van der Waals surface area contributed by atoms with E-state index in [1.54, 1.807) is 0 Å². The van der Waals surface area contributed by atoms with Crippen molar-refractivity contribution in [2.24, 2.45) is 17.3 Å². The molecule has 0 heteroatoms. The zero-order valence-corrected chi connectivity index (χ0v) is 6.48. The summed E-state index contributed by atoms with van der Waals surface area (Å²) in [6.07, 6.45) is 6.01. The second-order valence-corrected chi connectivity index (χ2v) is 4.00. The lowest BCUT2D eigenvalue weighted by Crippen LogP contribution is -1.99. The van der Waals surface area contributed by atoms with Crippen LogP contribution >= 0.6 is 0 Å². The highest BCUT2D eigenvalue weighted by molar-refractivity contribution is 5.09. The molecule has 2 fully saturated rings. The lowest BCUT2D eigenvalue weighted by Gasteiger charge is -2.10. The summed E-state index contributed by atoms with van der Waals surface area (Å²) < 4.78 is 0. The van der Waals surface area contributed by atoms with E-state index in [1.807, 2.05) is 0 Å². The SMILES string of the molecule is CCC1(C)C2CCCC21. The monoisotopic (exact) mass is 124 g/mol. The summed E-state index contributed by atoms with van der Waals surface area (Å²) in [5.41, 5.74) is 0.804. The fourth-order valence-corrected chi connectivity index (χ4v) is 2.91. The minimum atomic E-state index is 0.804. The van der Waals surface area contributed by atoms with Crippen LogP contribution in [0, 0.1) is 17.3 Å². The first-order chi connectivity index (χ1) is 4.29. The molecule has 2 aliphatic carbocycles. The molecule has 0 saturated heterocycles. The van der Waals surface area contributed by atoms with E-state index in [0.29, 0.717) is 0 Å². The van der Waals surface area contributed by atoms with Crippen molar-refractivity contribution in [2.45, 2.75) is 39.5 Å². The maximum atomic E-state index is 2.47. The van der Waals surface area contributed by atoms with Crippen LogP contribution in [0.15, 0.2) is 0 Å². The van der Waals surface area contributed by atoms with Gasteiger partial charge in [0.1, 0.15) is 0 Å². The second kappa shape index (κ2) is 1.53. The van der Waals surface area contributed by atoms with E-state index < -0.39 is 0 Å². The van der Waals surface area contributed by atoms with Crippen LogP contribution in [0.1, 0.15) is 39.5 Å². The molecule has 0 nitrogen and oxygen atoms in total. The van der Waals surface area contributed by atoms with E-state index in [1.165, 1.54) is 25.7 Å². The Morgan fingerprint density at radius 1 is 1.33 bits per heavy atom. The van der Waals surface area contributed by atoms with Gasteiger partial charge >= 0.3 is 0 Å². The maximum absolute atomic E-state index is 2.47. The lowest BCUT2D eigenvalue weighted by atomic mass is 9.95. The van der Waals surface area contributed by atoms with E-state index in [9.17, 15) is 0 Å². The Hall–Kier alpha value is 0. The normalized spacial score (nSPS) is 55.3. The molecule has 0 radical (unpaired) electrons. The van der Waals surface area contributed by atoms with Gasteiger partial charge in [-0.15, -0.1) is 0 Å². The summed E-state index contributed by atoms with van der Waals surface area (Å²) in [6, 6.07) is 0. The molecule has 0 bridgehead atoms. The van der Waals surface area contributed by atoms with Crippen LogP contribution in [0.5, 0.6) is 0 Å². The minimum Gasteiger partial charge on any atom is -0.0648 e. The fraction of sp³-hybridized carbons (Fsp3) is 1.00. The summed E-state index contributed by atoms with van der Waals surface area (Å²) in [6.45, 7) is 4.82. The van der Waals surface area contributed by atoms with Gasteiger partial charge in [-0.25, -0.2) is 0 Å². The lowest BCUT2D eigenvalue weighted by molar-refractivity contribution is 0.408. The molecule has 2 aliphatic rings. The number of hydrogen-bond acceptors (Lipinski definition) is 0. The first kappa shape index (κ1) is 5.76. The van der Waals surface area contributed by atoms with Crippen LogP contribution < -0.4 is 0 Å². The average Bonchev–Trinajstić information content (AvgIpc) is 2.39. The summed E-state index contributed by atoms with van der Waals surface area (Å²) in [5, 5.41) is 0. The van der Waals surface area contributed by atoms with Crippen molar-refractivity contribution in [2.75, 3.05) is 0 Å². The maximum Gasteiger partial charge on any atom is -0.0266 e. The zero-order valence-electron chi connectivity index (χ0n) is 6.48. The number of fused-ring (bicyclic) bond motifs is 1. The third-order valence-corrected chi connectivity index (χ3v) is 3.86. The van der Waals surface area contributed by atoms with Gasteiger partial charge in [-0.2, -0.15) is 0 Å². The topological polar surface area (TPSA) is 0 Å². The van der Waals surface area contributed by atoms with Crippen molar-refractivity contribution < 1.29 is 0 Å². The van der Waals surface area contributed by atoms with Crippen molar-refractivity contribution in [3.05, 3.63) is 0 Å². The quantitative estimate of drug-likeness (QED) is 0.504. The first-order valence-electron chi connectivity index (χ1n) is 4.29. The molecule has 0 heterocycles. The predicted octanol–water partition coefficient (Wildman–Crippen LogP) is 2.83. The Kier molecular flexibility index (Phi) is 0.980. The fourth-order valence-electron chi connectivity index (χ4n) is 2.91. The Bertz CT molecular complexity index is 116. The van der Waals surface area contributed by atoms with Crippen LogP contribution in [0.25, 0.3) is 0 Å². The highest BCUT2D eigenvalue weighted by Crippen LogP contribution is 2.68. The number of hydrogen-bond donors (Lipinski definition) is 0. The van der Waals surface area contributed by atoms with Gasteiger partial charge in [-0.3, -0.25) is 0 Å². The van der Waals surface area contributed by atoms with Crippen LogP contribution in [0.3, 0.4) is 0 Å². The third kappa shape index (κ3) is 0.544. The van der Waals surface area contributed by atoms with E-state index in [0.717, 1.165) is 17.3 Å². The number of rotatable bonds is 1. The standard InChI is InChI=1S/C9H16/c1-3-9(2)7-5-4-6-8(7)9/h7-8H,3-6H2,1-2H3. The summed E-state index contributed by atoms with van der Waals surface area (Å²) in [7, 11) is 0. The van der Waals surface area contributed by atoms with Gasteiger partial charge in [-0.05, 0) is 30.1 Å². The van der Waals surface area contributed by atoms with E-state index in [2.05, 4.69) is 13.8 Å². The van der Waals surface area contributed by atoms with Gasteiger partial charge in [0.25, 0.3) is 0 Å². The van der Waals surface area contributed by atoms with Gasteiger partial charge < -0.3 is 0 Å².